The minimum atomic E-state index is -3.65. The van der Waals surface area contributed by atoms with Crippen LogP contribution in [0.1, 0.15) is 53.3 Å². The molecule has 3 aromatic rings. The summed E-state index contributed by atoms with van der Waals surface area (Å²) < 4.78 is 74.7. The zero-order valence-electron chi connectivity index (χ0n) is 24.0. The first-order valence-electron chi connectivity index (χ1n) is 14.1. The van der Waals surface area contributed by atoms with Gasteiger partial charge in [0.2, 0.25) is 10.0 Å². The lowest BCUT2D eigenvalue weighted by molar-refractivity contribution is -0.0515. The van der Waals surface area contributed by atoms with E-state index < -0.39 is 34.3 Å². The second kappa shape index (κ2) is 13.8. The Balaban J connectivity index is 1.48. The van der Waals surface area contributed by atoms with Gasteiger partial charge in [0, 0.05) is 18.2 Å². The van der Waals surface area contributed by atoms with E-state index in [9.17, 15) is 26.8 Å². The Hall–Kier alpha value is -3.55. The molecule has 5 rings (SSSR count). The quantitative estimate of drug-likeness (QED) is 0.176. The number of rotatable bonds is 15. The number of aromatic amines is 1. The number of hydrogen-bond donors (Lipinski definition) is 2. The Morgan fingerprint density at radius 2 is 1.67 bits per heavy atom. The van der Waals surface area contributed by atoms with Crippen LogP contribution in [0.25, 0.3) is 0 Å². The van der Waals surface area contributed by atoms with Crippen molar-refractivity contribution in [2.45, 2.75) is 44.8 Å². The molecule has 1 unspecified atom stereocenters. The van der Waals surface area contributed by atoms with Crippen LogP contribution in [-0.2, 0) is 21.2 Å². The lowest BCUT2D eigenvalue weighted by Gasteiger charge is -2.22. The second-order valence-electron chi connectivity index (χ2n) is 11.0. The topological polar surface area (TPSA) is 133 Å². The van der Waals surface area contributed by atoms with Gasteiger partial charge in [-0.05, 0) is 73.4 Å². The molecule has 15 heteroatoms. The van der Waals surface area contributed by atoms with Crippen molar-refractivity contribution in [2.75, 3.05) is 24.2 Å². The van der Waals surface area contributed by atoms with Gasteiger partial charge >= 0.3 is 12.6 Å². The van der Waals surface area contributed by atoms with E-state index in [1.54, 1.807) is 0 Å². The van der Waals surface area contributed by atoms with Gasteiger partial charge in [-0.3, -0.25) is 9.52 Å². The molecule has 242 valence electrons. The Morgan fingerprint density at radius 1 is 1.00 bits per heavy atom. The van der Waals surface area contributed by atoms with E-state index in [-0.39, 0.29) is 57.1 Å². The van der Waals surface area contributed by atoms with E-state index in [1.165, 1.54) is 42.6 Å². The summed E-state index contributed by atoms with van der Waals surface area (Å²) in [6, 6.07) is 8.26. The zero-order valence-corrected chi connectivity index (χ0v) is 26.3. The van der Waals surface area contributed by atoms with E-state index >= 15 is 0 Å². The van der Waals surface area contributed by atoms with Gasteiger partial charge in [0.15, 0.2) is 11.5 Å². The summed E-state index contributed by atoms with van der Waals surface area (Å²) in [7, 11) is -3.65. The maximum Gasteiger partial charge on any atom is 0.387 e. The highest BCUT2D eigenvalue weighted by molar-refractivity contribution is 7.92. The van der Waals surface area contributed by atoms with Crippen LogP contribution in [0, 0.1) is 11.8 Å². The van der Waals surface area contributed by atoms with Gasteiger partial charge in [0.25, 0.3) is 5.56 Å². The molecule has 0 saturated heterocycles. The zero-order chi connectivity index (χ0) is 32.3. The molecule has 1 atom stereocenters. The smallest absolute Gasteiger partial charge is 0.387 e. The second-order valence-corrected chi connectivity index (χ2v) is 13.6. The summed E-state index contributed by atoms with van der Waals surface area (Å²) in [5, 5.41) is -0.103. The van der Waals surface area contributed by atoms with Gasteiger partial charge in [-0.25, -0.2) is 13.2 Å². The van der Waals surface area contributed by atoms with Crippen molar-refractivity contribution >= 4 is 44.9 Å². The number of carbonyl (C=O) groups is 1. The molecule has 2 aliphatic carbocycles. The Morgan fingerprint density at radius 3 is 2.29 bits per heavy atom. The maximum atomic E-state index is 13.6. The third-order valence-electron chi connectivity index (χ3n) is 7.13. The van der Waals surface area contributed by atoms with Crippen molar-refractivity contribution in [3.8, 4) is 17.2 Å². The van der Waals surface area contributed by atoms with Crippen molar-refractivity contribution in [1.82, 2.24) is 4.98 Å². The first-order chi connectivity index (χ1) is 21.4. The number of H-pyrrole nitrogens is 1. The predicted octanol–water partition coefficient (Wildman–Crippen LogP) is 6.37. The van der Waals surface area contributed by atoms with Gasteiger partial charge in [-0.2, -0.15) is 8.78 Å². The number of hydrogen-bond acceptors (Lipinski definition) is 8. The molecule has 0 amide bonds. The monoisotopic (exact) mass is 686 g/mol. The Bertz CT molecular complexity index is 1730. The third kappa shape index (κ3) is 9.24. The fraction of sp³-hybridized carbons (Fsp3) is 0.400. The highest BCUT2D eigenvalue weighted by atomic mass is 35.5. The van der Waals surface area contributed by atoms with Crippen LogP contribution >= 0.6 is 23.2 Å². The van der Waals surface area contributed by atoms with Crippen molar-refractivity contribution in [2.24, 2.45) is 11.8 Å². The van der Waals surface area contributed by atoms with Crippen LogP contribution in [-0.4, -0.2) is 45.5 Å². The summed E-state index contributed by atoms with van der Waals surface area (Å²) in [4.78, 5) is 28.2. The van der Waals surface area contributed by atoms with Crippen LogP contribution in [0.5, 0.6) is 17.2 Å². The molecule has 1 aromatic heterocycles. The Kier molecular flexibility index (Phi) is 10.1. The highest BCUT2D eigenvalue weighted by Crippen LogP contribution is 2.38. The largest absolute Gasteiger partial charge is 0.491 e. The summed E-state index contributed by atoms with van der Waals surface area (Å²) in [6.07, 6.45) is 4.83. The highest BCUT2D eigenvalue weighted by Gasteiger charge is 2.28. The molecule has 0 spiro atoms. The summed E-state index contributed by atoms with van der Waals surface area (Å²) in [5.41, 5.74) is 0.0936. The fourth-order valence-corrected chi connectivity index (χ4v) is 5.46. The standard InChI is InChI=1S/C30H30Cl2F2N2O8S/c1-45(39,40)36-22-8-6-19(11-25(22)41-14-16-2-3-16)29(38)43-24(12-20-21(31)13-35-28(37)27(20)32)18-7-9-23(44-30(33)34)26(10-18)42-15-17-4-5-17/h6-11,13,16-17,24,30,36H,2-5,12,14-15H2,1H3,(H,35,37). The predicted molar refractivity (Wildman–Crippen MR) is 163 cm³/mol. The van der Waals surface area contributed by atoms with Crippen LogP contribution in [0.3, 0.4) is 0 Å². The fourth-order valence-electron chi connectivity index (χ4n) is 4.39. The Labute approximate surface area is 268 Å². The van der Waals surface area contributed by atoms with E-state index in [0.717, 1.165) is 31.9 Å². The first kappa shape index (κ1) is 32.8. The van der Waals surface area contributed by atoms with E-state index in [2.05, 4.69) is 14.4 Å². The van der Waals surface area contributed by atoms with Crippen LogP contribution < -0.4 is 24.5 Å². The summed E-state index contributed by atoms with van der Waals surface area (Å²) >= 11 is 12.6. The van der Waals surface area contributed by atoms with Gasteiger partial charge in [-0.15, -0.1) is 0 Å². The van der Waals surface area contributed by atoms with Gasteiger partial charge in [0.1, 0.15) is 16.9 Å². The number of esters is 1. The molecule has 1 heterocycles. The molecule has 2 saturated carbocycles. The maximum absolute atomic E-state index is 13.6. The van der Waals surface area contributed by atoms with Crippen molar-refractivity contribution in [3.05, 3.63) is 79.7 Å². The molecule has 45 heavy (non-hydrogen) atoms. The van der Waals surface area contributed by atoms with Crippen LogP contribution in [0.15, 0.2) is 47.4 Å². The molecule has 0 aliphatic heterocycles. The number of nitrogens with one attached hydrogen (secondary N) is 2. The normalized spacial score (nSPS) is 15.4. The molecule has 2 aliphatic rings. The summed E-state index contributed by atoms with van der Waals surface area (Å²) in [5.74, 6) is -0.218. The third-order valence-corrected chi connectivity index (χ3v) is 8.46. The first-order valence-corrected chi connectivity index (χ1v) is 16.7. The number of anilines is 1. The van der Waals surface area contributed by atoms with Gasteiger partial charge in [0.05, 0.1) is 35.7 Å². The number of aromatic nitrogens is 1. The molecule has 0 radical (unpaired) electrons. The molecular formula is C30H30Cl2F2N2O8S. The van der Waals surface area contributed by atoms with Crippen molar-refractivity contribution in [3.63, 3.8) is 0 Å². The van der Waals surface area contributed by atoms with Crippen LogP contribution in [0.2, 0.25) is 10.0 Å². The minimum Gasteiger partial charge on any atom is -0.491 e. The van der Waals surface area contributed by atoms with Gasteiger partial charge in [-0.1, -0.05) is 29.3 Å². The summed E-state index contributed by atoms with van der Waals surface area (Å²) in [6.45, 7) is -2.47. The van der Waals surface area contributed by atoms with Gasteiger partial charge < -0.3 is 23.9 Å². The average molecular weight is 688 g/mol. The molecule has 0 bridgehead atoms. The number of ether oxygens (including phenoxy) is 4. The van der Waals surface area contributed by atoms with Crippen molar-refractivity contribution in [1.29, 1.82) is 0 Å². The number of halogens is 4. The van der Waals surface area contributed by atoms with E-state index in [0.29, 0.717) is 24.0 Å². The number of benzene rings is 2. The lowest BCUT2D eigenvalue weighted by atomic mass is 10.0. The van der Waals surface area contributed by atoms with Crippen LogP contribution in [0.4, 0.5) is 14.5 Å². The molecule has 2 aromatic carbocycles. The SMILES string of the molecule is CS(=O)(=O)Nc1ccc(C(=O)OC(Cc2c(Cl)c[nH]c(=O)c2Cl)c2ccc(OC(F)F)c(OCC3CC3)c2)cc1OCC1CC1. The number of alkyl halides is 2. The minimum absolute atomic E-state index is 0.0239. The average Bonchev–Trinajstić information content (AvgIpc) is 3.90. The van der Waals surface area contributed by atoms with Crippen molar-refractivity contribution < 1.29 is 40.9 Å². The number of pyridine rings is 1. The lowest BCUT2D eigenvalue weighted by Crippen LogP contribution is -2.18. The molecule has 10 nitrogen and oxygen atoms in total. The van der Waals surface area contributed by atoms with E-state index in [4.69, 9.17) is 37.4 Å². The molecule has 2 fully saturated rings. The molecule has 2 N–H and O–H groups in total. The van der Waals surface area contributed by atoms with E-state index in [1.807, 2.05) is 0 Å². The number of sulfonamides is 1. The number of carbonyl (C=O) groups excluding carboxylic acids is 1. The molecular weight excluding hydrogens is 657 g/mol.